The number of ether oxygens (including phenoxy) is 1. The molecule has 1 aromatic rings. The Morgan fingerprint density at radius 1 is 1.53 bits per heavy atom. The maximum atomic E-state index is 12.4. The average molecular weight is 291 g/mol. The molecule has 0 radical (unpaired) electrons. The lowest BCUT2D eigenvalue weighted by Gasteiger charge is -2.12. The molecule has 0 fully saturated rings. The predicted octanol–water partition coefficient (Wildman–Crippen LogP) is 2.45. The van der Waals surface area contributed by atoms with E-state index in [9.17, 15) is 18.0 Å². The number of hydrogen-bond acceptors (Lipinski definition) is 5. The van der Waals surface area contributed by atoms with Gasteiger partial charge in [0.25, 0.3) is 0 Å². The molecule has 0 unspecified atom stereocenters. The van der Waals surface area contributed by atoms with Crippen molar-refractivity contribution in [2.75, 3.05) is 7.11 Å². The van der Waals surface area contributed by atoms with Gasteiger partial charge in [-0.05, 0) is 29.5 Å². The minimum absolute atomic E-state index is 0.0643. The molecule has 102 valence electrons. The second kappa shape index (κ2) is 5.95. The van der Waals surface area contributed by atoms with Gasteiger partial charge in [0, 0.05) is 4.90 Å². The smallest absolute Gasteiger partial charge is 0.446 e. The molecule has 1 rings (SSSR count). The summed E-state index contributed by atoms with van der Waals surface area (Å²) in [5.74, 6) is -0.967. The van der Waals surface area contributed by atoms with Crippen molar-refractivity contribution in [2.45, 2.75) is 17.0 Å². The molecule has 8 heteroatoms. The summed E-state index contributed by atoms with van der Waals surface area (Å²) in [5, 5.41) is 17.8. The van der Waals surface area contributed by atoms with Gasteiger partial charge in [-0.2, -0.15) is 18.4 Å². The SMILES string of the molecule is COC(=O)c1cc(CO)c(C#N)cc1SC(F)(F)F. The number of aliphatic hydroxyl groups is 1. The molecule has 0 aliphatic carbocycles. The van der Waals surface area contributed by atoms with Gasteiger partial charge < -0.3 is 9.84 Å². The molecule has 1 N–H and O–H groups in total. The number of thioether (sulfide) groups is 1. The lowest BCUT2D eigenvalue weighted by Crippen LogP contribution is -2.09. The highest BCUT2D eigenvalue weighted by molar-refractivity contribution is 8.00. The number of hydrogen-bond donors (Lipinski definition) is 1. The highest BCUT2D eigenvalue weighted by Crippen LogP contribution is 2.39. The van der Waals surface area contributed by atoms with Gasteiger partial charge in [-0.1, -0.05) is 0 Å². The topological polar surface area (TPSA) is 70.3 Å². The van der Waals surface area contributed by atoms with E-state index in [1.807, 2.05) is 0 Å². The van der Waals surface area contributed by atoms with Gasteiger partial charge in [0.1, 0.15) is 0 Å². The minimum atomic E-state index is -4.60. The number of benzene rings is 1. The Kier molecular flexibility index (Phi) is 4.80. The first-order chi connectivity index (χ1) is 8.82. The zero-order valence-corrected chi connectivity index (χ0v) is 10.4. The molecule has 0 aliphatic heterocycles. The van der Waals surface area contributed by atoms with Crippen molar-refractivity contribution in [1.29, 1.82) is 5.26 Å². The molecule has 19 heavy (non-hydrogen) atoms. The molecule has 1 aromatic carbocycles. The van der Waals surface area contributed by atoms with Gasteiger partial charge in [0.05, 0.1) is 30.9 Å². The number of methoxy groups -OCH3 is 1. The molecule has 0 saturated heterocycles. The lowest BCUT2D eigenvalue weighted by atomic mass is 10.1. The van der Waals surface area contributed by atoms with E-state index in [1.54, 1.807) is 6.07 Å². The fourth-order valence-electron chi connectivity index (χ4n) is 1.34. The highest BCUT2D eigenvalue weighted by atomic mass is 32.2. The van der Waals surface area contributed by atoms with Crippen LogP contribution in [-0.2, 0) is 11.3 Å². The molecule has 0 heterocycles. The normalized spacial score (nSPS) is 10.9. The highest BCUT2D eigenvalue weighted by Gasteiger charge is 2.32. The summed E-state index contributed by atoms with van der Waals surface area (Å²) in [4.78, 5) is 11.0. The summed E-state index contributed by atoms with van der Waals surface area (Å²) < 4.78 is 41.5. The van der Waals surface area contributed by atoms with E-state index in [1.165, 1.54) is 0 Å². The number of halogens is 3. The van der Waals surface area contributed by atoms with Crippen LogP contribution in [0, 0.1) is 11.3 Å². The fourth-order valence-corrected chi connectivity index (χ4v) is 2.02. The summed E-state index contributed by atoms with van der Waals surface area (Å²) >= 11 is -0.514. The van der Waals surface area contributed by atoms with E-state index in [0.29, 0.717) is 0 Å². The molecule has 4 nitrogen and oxygen atoms in total. The number of rotatable bonds is 3. The van der Waals surface area contributed by atoms with Crippen molar-refractivity contribution >= 4 is 17.7 Å². The quantitative estimate of drug-likeness (QED) is 0.684. The molecule has 0 aromatic heterocycles. The second-order valence-electron chi connectivity index (χ2n) is 3.31. The first-order valence-corrected chi connectivity index (χ1v) is 5.66. The number of carbonyl (C=O) groups excluding carboxylic acids is 1. The number of nitrogens with zero attached hydrogens (tertiary/aromatic N) is 1. The van der Waals surface area contributed by atoms with Crippen LogP contribution in [0.4, 0.5) is 13.2 Å². The van der Waals surface area contributed by atoms with Gasteiger partial charge in [-0.3, -0.25) is 0 Å². The third-order valence-corrected chi connectivity index (χ3v) is 2.92. The first kappa shape index (κ1) is 15.3. The van der Waals surface area contributed by atoms with Gasteiger partial charge in [-0.25, -0.2) is 4.79 Å². The Morgan fingerprint density at radius 2 is 2.16 bits per heavy atom. The largest absolute Gasteiger partial charge is 0.465 e. The molecular weight excluding hydrogens is 283 g/mol. The molecule has 0 spiro atoms. The predicted molar refractivity (Wildman–Crippen MR) is 60.3 cm³/mol. The Bertz CT molecular complexity index is 537. The van der Waals surface area contributed by atoms with Crippen LogP contribution in [0.2, 0.25) is 0 Å². The molecule has 0 aliphatic rings. The van der Waals surface area contributed by atoms with E-state index in [-0.39, 0.29) is 16.7 Å². The van der Waals surface area contributed by atoms with Crippen LogP contribution in [0.25, 0.3) is 0 Å². The fraction of sp³-hybridized carbons (Fsp3) is 0.273. The van der Waals surface area contributed by atoms with Crippen LogP contribution in [0.15, 0.2) is 17.0 Å². The van der Waals surface area contributed by atoms with E-state index in [0.717, 1.165) is 19.2 Å². The summed E-state index contributed by atoms with van der Waals surface area (Å²) in [6.07, 6.45) is 0. The number of nitriles is 1. The van der Waals surface area contributed by atoms with Crippen LogP contribution < -0.4 is 0 Å². The van der Waals surface area contributed by atoms with Crippen molar-refractivity contribution in [2.24, 2.45) is 0 Å². The van der Waals surface area contributed by atoms with Gasteiger partial charge >= 0.3 is 11.5 Å². The zero-order valence-electron chi connectivity index (χ0n) is 9.61. The third kappa shape index (κ3) is 3.87. The monoisotopic (exact) mass is 291 g/mol. The maximum Gasteiger partial charge on any atom is 0.446 e. The molecule has 0 amide bonds. The summed E-state index contributed by atoms with van der Waals surface area (Å²) in [7, 11) is 1.03. The van der Waals surface area contributed by atoms with E-state index >= 15 is 0 Å². The molecule has 0 saturated carbocycles. The van der Waals surface area contributed by atoms with Crippen LogP contribution in [-0.4, -0.2) is 23.7 Å². The summed E-state index contributed by atoms with van der Waals surface area (Å²) in [5.41, 5.74) is -5.00. The number of alkyl halides is 3. The van der Waals surface area contributed by atoms with Crippen molar-refractivity contribution in [3.8, 4) is 6.07 Å². The summed E-state index contributed by atoms with van der Waals surface area (Å²) in [6, 6.07) is 3.60. The standard InChI is InChI=1S/C11H8F3NO3S/c1-18-10(17)8-2-7(5-16)6(4-15)3-9(8)19-11(12,13)14/h2-3,16H,5H2,1H3. The van der Waals surface area contributed by atoms with Gasteiger partial charge in [-0.15, -0.1) is 0 Å². The molecule has 0 atom stereocenters. The zero-order chi connectivity index (χ0) is 14.6. The Balaban J connectivity index is 3.41. The molecular formula is C11H8F3NO3S. The van der Waals surface area contributed by atoms with Crippen LogP contribution in [0.3, 0.4) is 0 Å². The lowest BCUT2D eigenvalue weighted by molar-refractivity contribution is -0.0328. The van der Waals surface area contributed by atoms with Crippen LogP contribution >= 0.6 is 11.8 Å². The molecule has 0 bridgehead atoms. The Morgan fingerprint density at radius 3 is 2.58 bits per heavy atom. The van der Waals surface area contributed by atoms with E-state index in [2.05, 4.69) is 4.74 Å². The number of esters is 1. The maximum absolute atomic E-state index is 12.4. The van der Waals surface area contributed by atoms with E-state index in [4.69, 9.17) is 10.4 Å². The summed E-state index contributed by atoms with van der Waals surface area (Å²) in [6.45, 7) is -0.566. The first-order valence-electron chi connectivity index (χ1n) is 4.84. The van der Waals surface area contributed by atoms with Gasteiger partial charge in [0.2, 0.25) is 0 Å². The van der Waals surface area contributed by atoms with Crippen molar-refractivity contribution in [1.82, 2.24) is 0 Å². The Labute approximate surface area is 110 Å². The van der Waals surface area contributed by atoms with Crippen molar-refractivity contribution < 1.29 is 27.8 Å². The number of aliphatic hydroxyl groups excluding tert-OH is 1. The van der Waals surface area contributed by atoms with Gasteiger partial charge in [0.15, 0.2) is 0 Å². The van der Waals surface area contributed by atoms with Crippen molar-refractivity contribution in [3.05, 3.63) is 28.8 Å². The number of carbonyl (C=O) groups is 1. The Hall–Kier alpha value is -1.72. The second-order valence-corrected chi connectivity index (χ2v) is 4.42. The minimum Gasteiger partial charge on any atom is -0.465 e. The van der Waals surface area contributed by atoms with Crippen molar-refractivity contribution in [3.63, 3.8) is 0 Å². The average Bonchev–Trinajstić information content (AvgIpc) is 2.35. The van der Waals surface area contributed by atoms with E-state index < -0.39 is 34.7 Å². The van der Waals surface area contributed by atoms with Crippen LogP contribution in [0.5, 0.6) is 0 Å². The van der Waals surface area contributed by atoms with Crippen LogP contribution in [0.1, 0.15) is 21.5 Å². The third-order valence-electron chi connectivity index (χ3n) is 2.13.